The molecule has 1 heterocycles. The van der Waals surface area contributed by atoms with Crippen LogP contribution in [0, 0.1) is 5.92 Å². The van der Waals surface area contributed by atoms with E-state index in [0.29, 0.717) is 5.92 Å². The highest BCUT2D eigenvalue weighted by Gasteiger charge is 2.17. The van der Waals surface area contributed by atoms with Gasteiger partial charge in [-0.2, -0.15) is 0 Å². The predicted octanol–water partition coefficient (Wildman–Crippen LogP) is 2.68. The quantitative estimate of drug-likeness (QED) is 0.839. The lowest BCUT2D eigenvalue weighted by Gasteiger charge is -2.32. The van der Waals surface area contributed by atoms with Gasteiger partial charge < -0.3 is 15.1 Å². The van der Waals surface area contributed by atoms with Gasteiger partial charge in [0.1, 0.15) is 0 Å². The van der Waals surface area contributed by atoms with Crippen molar-refractivity contribution in [2.24, 2.45) is 5.92 Å². The summed E-state index contributed by atoms with van der Waals surface area (Å²) in [6, 6.07) is 10.9. The molecule has 22 heavy (non-hydrogen) atoms. The van der Waals surface area contributed by atoms with Crippen molar-refractivity contribution >= 4 is 11.9 Å². The lowest BCUT2D eigenvalue weighted by molar-refractivity contribution is -0.159. The number of rotatable bonds is 3. The maximum absolute atomic E-state index is 9.10. The molecule has 2 rings (SSSR count). The minimum absolute atomic E-state index is 0.662. The first-order chi connectivity index (χ1) is 10.4. The molecule has 1 aliphatic heterocycles. The third-order valence-corrected chi connectivity index (χ3v) is 3.96. The summed E-state index contributed by atoms with van der Waals surface area (Å²) in [7, 11) is 0. The first-order valence-corrected chi connectivity index (χ1v) is 7.63. The average molecular weight is 307 g/mol. The minimum Gasteiger partial charge on any atom is -0.473 e. The minimum atomic E-state index is -1.82. The van der Waals surface area contributed by atoms with E-state index in [1.54, 1.807) is 0 Å². The molecule has 5 heteroatoms. The molecule has 0 bridgehead atoms. The normalized spacial score (nSPS) is 17.2. The number of hydrogen-bond donors (Lipinski definition) is 2. The molecule has 1 aromatic carbocycles. The van der Waals surface area contributed by atoms with Gasteiger partial charge in [-0.05, 0) is 43.3 Å². The summed E-state index contributed by atoms with van der Waals surface area (Å²) in [4.78, 5) is 20.8. The van der Waals surface area contributed by atoms with E-state index in [2.05, 4.69) is 49.1 Å². The van der Waals surface area contributed by atoms with Gasteiger partial charge in [0, 0.05) is 6.54 Å². The van der Waals surface area contributed by atoms with E-state index < -0.39 is 11.9 Å². The van der Waals surface area contributed by atoms with Crippen LogP contribution in [0.3, 0.4) is 0 Å². The van der Waals surface area contributed by atoms with Crippen molar-refractivity contribution in [2.75, 3.05) is 19.6 Å². The predicted molar refractivity (Wildman–Crippen MR) is 85.0 cm³/mol. The summed E-state index contributed by atoms with van der Waals surface area (Å²) < 4.78 is 0. The van der Waals surface area contributed by atoms with Gasteiger partial charge in [-0.15, -0.1) is 0 Å². The van der Waals surface area contributed by atoms with Crippen molar-refractivity contribution in [3.8, 4) is 0 Å². The van der Waals surface area contributed by atoms with E-state index in [9.17, 15) is 0 Å². The Balaban J connectivity index is 0.000000346. The van der Waals surface area contributed by atoms with Gasteiger partial charge in [-0.3, -0.25) is 0 Å². The third kappa shape index (κ3) is 6.72. The molecule has 0 amide bonds. The Hall–Kier alpha value is -1.88. The molecule has 0 aromatic heterocycles. The maximum Gasteiger partial charge on any atom is 0.414 e. The van der Waals surface area contributed by atoms with E-state index in [0.717, 1.165) is 5.92 Å². The molecule has 1 aliphatic rings. The summed E-state index contributed by atoms with van der Waals surface area (Å²) in [6.07, 6.45) is 2.75. The fourth-order valence-electron chi connectivity index (χ4n) is 2.52. The monoisotopic (exact) mass is 307 g/mol. The Labute approximate surface area is 131 Å². The van der Waals surface area contributed by atoms with Crippen LogP contribution in [0.2, 0.25) is 0 Å². The van der Waals surface area contributed by atoms with Gasteiger partial charge in [-0.1, -0.05) is 44.2 Å². The molecular weight excluding hydrogens is 282 g/mol. The number of piperidine rings is 1. The van der Waals surface area contributed by atoms with E-state index in [1.165, 1.54) is 38.0 Å². The molecule has 5 nitrogen and oxygen atoms in total. The lowest BCUT2D eigenvalue weighted by atomic mass is 9.96. The number of aliphatic carboxylic acids is 2. The largest absolute Gasteiger partial charge is 0.473 e. The Morgan fingerprint density at radius 3 is 2.09 bits per heavy atom. The standard InChI is InChI=1S/C15H23N.C2H2O4/c1-13-8-10-16(11-9-13)12-14(2)15-6-4-3-5-7-15;3-1(4)2(5)6/h3-7,13-14H,8-12H2,1-2H3;(H,3,4)(H,5,6). The van der Waals surface area contributed by atoms with Crippen LogP contribution >= 0.6 is 0 Å². The molecule has 1 fully saturated rings. The van der Waals surface area contributed by atoms with Crippen molar-refractivity contribution in [2.45, 2.75) is 32.6 Å². The second kappa shape index (κ2) is 9.20. The fourth-order valence-corrected chi connectivity index (χ4v) is 2.52. The Morgan fingerprint density at radius 2 is 1.64 bits per heavy atom. The molecule has 1 aromatic rings. The highest BCUT2D eigenvalue weighted by atomic mass is 16.4. The summed E-state index contributed by atoms with van der Waals surface area (Å²) in [5, 5.41) is 14.8. The van der Waals surface area contributed by atoms with Crippen molar-refractivity contribution in [1.29, 1.82) is 0 Å². The van der Waals surface area contributed by atoms with E-state index in [-0.39, 0.29) is 0 Å². The molecule has 0 saturated carbocycles. The second-order valence-corrected chi connectivity index (χ2v) is 5.91. The average Bonchev–Trinajstić information content (AvgIpc) is 2.51. The molecule has 1 atom stereocenters. The SMILES string of the molecule is CC1CCN(CC(C)c2ccccc2)CC1.O=C(O)C(=O)O. The van der Waals surface area contributed by atoms with Crippen molar-refractivity contribution in [3.05, 3.63) is 35.9 Å². The van der Waals surface area contributed by atoms with E-state index >= 15 is 0 Å². The molecule has 122 valence electrons. The number of carboxylic acids is 2. The summed E-state index contributed by atoms with van der Waals surface area (Å²) in [6.45, 7) is 8.51. The number of hydrogen-bond acceptors (Lipinski definition) is 3. The molecule has 0 radical (unpaired) electrons. The van der Waals surface area contributed by atoms with Crippen LogP contribution in [-0.2, 0) is 9.59 Å². The molecular formula is C17H25NO4. The van der Waals surface area contributed by atoms with Crippen LogP contribution in [0.25, 0.3) is 0 Å². The molecule has 0 aliphatic carbocycles. The molecule has 1 unspecified atom stereocenters. The highest BCUT2D eigenvalue weighted by molar-refractivity contribution is 6.27. The zero-order valence-electron chi connectivity index (χ0n) is 13.2. The Bertz CT molecular complexity index is 455. The van der Waals surface area contributed by atoms with Crippen LogP contribution in [0.5, 0.6) is 0 Å². The number of nitrogens with zero attached hydrogens (tertiary/aromatic N) is 1. The maximum atomic E-state index is 9.10. The van der Waals surface area contributed by atoms with Crippen LogP contribution < -0.4 is 0 Å². The smallest absolute Gasteiger partial charge is 0.414 e. The zero-order valence-corrected chi connectivity index (χ0v) is 13.2. The van der Waals surface area contributed by atoms with Gasteiger partial charge in [0.05, 0.1) is 0 Å². The summed E-state index contributed by atoms with van der Waals surface area (Å²) in [5.74, 6) is -2.05. The fraction of sp³-hybridized carbons (Fsp3) is 0.529. The molecule has 2 N–H and O–H groups in total. The Morgan fingerprint density at radius 1 is 1.14 bits per heavy atom. The van der Waals surface area contributed by atoms with Gasteiger partial charge in [-0.25, -0.2) is 9.59 Å². The number of benzene rings is 1. The van der Waals surface area contributed by atoms with Crippen molar-refractivity contribution in [3.63, 3.8) is 0 Å². The number of carboxylic acid groups (broad SMARTS) is 2. The summed E-state index contributed by atoms with van der Waals surface area (Å²) in [5.41, 5.74) is 1.47. The van der Waals surface area contributed by atoms with Gasteiger partial charge >= 0.3 is 11.9 Å². The van der Waals surface area contributed by atoms with Crippen LogP contribution in [0.4, 0.5) is 0 Å². The lowest BCUT2D eigenvalue weighted by Crippen LogP contribution is -2.35. The van der Waals surface area contributed by atoms with Crippen molar-refractivity contribution in [1.82, 2.24) is 4.90 Å². The van der Waals surface area contributed by atoms with Crippen LogP contribution in [0.15, 0.2) is 30.3 Å². The second-order valence-electron chi connectivity index (χ2n) is 5.91. The highest BCUT2D eigenvalue weighted by Crippen LogP contribution is 2.21. The topological polar surface area (TPSA) is 77.8 Å². The first kappa shape index (κ1) is 18.2. The number of likely N-dealkylation sites (tertiary alicyclic amines) is 1. The van der Waals surface area contributed by atoms with Gasteiger partial charge in [0.15, 0.2) is 0 Å². The zero-order chi connectivity index (χ0) is 16.5. The Kier molecular flexibility index (Phi) is 7.60. The number of carbonyl (C=O) groups is 2. The molecule has 0 spiro atoms. The van der Waals surface area contributed by atoms with Gasteiger partial charge in [0.25, 0.3) is 0 Å². The van der Waals surface area contributed by atoms with E-state index in [1.807, 2.05) is 0 Å². The van der Waals surface area contributed by atoms with Crippen LogP contribution in [-0.4, -0.2) is 46.7 Å². The van der Waals surface area contributed by atoms with E-state index in [4.69, 9.17) is 19.8 Å². The molecule has 1 saturated heterocycles. The first-order valence-electron chi connectivity index (χ1n) is 7.63. The summed E-state index contributed by atoms with van der Waals surface area (Å²) >= 11 is 0. The van der Waals surface area contributed by atoms with Gasteiger partial charge in [0.2, 0.25) is 0 Å². The van der Waals surface area contributed by atoms with Crippen LogP contribution in [0.1, 0.15) is 38.2 Å². The third-order valence-electron chi connectivity index (χ3n) is 3.96. The van der Waals surface area contributed by atoms with Crippen molar-refractivity contribution < 1.29 is 19.8 Å².